The molecule has 152 valence electrons. The zero-order valence-electron chi connectivity index (χ0n) is 16.8. The first-order valence-electron chi connectivity index (χ1n) is 9.43. The molecule has 0 radical (unpaired) electrons. The van der Waals surface area contributed by atoms with Crippen LogP contribution in [0.4, 0.5) is 5.82 Å². The third-order valence-electron chi connectivity index (χ3n) is 4.07. The minimum absolute atomic E-state index is 0. The van der Waals surface area contributed by atoms with Crippen molar-refractivity contribution in [1.82, 2.24) is 15.6 Å². The lowest BCUT2D eigenvalue weighted by Gasteiger charge is -2.12. The monoisotopic (exact) mass is 495 g/mol. The van der Waals surface area contributed by atoms with Crippen LogP contribution in [-0.4, -0.2) is 29.9 Å². The molecule has 0 spiro atoms. The van der Waals surface area contributed by atoms with Crippen molar-refractivity contribution in [2.24, 2.45) is 4.99 Å². The van der Waals surface area contributed by atoms with Gasteiger partial charge in [0.15, 0.2) is 5.96 Å². The van der Waals surface area contributed by atoms with Gasteiger partial charge in [-0.25, -0.2) is 9.98 Å². The maximum Gasteiger partial charge on any atom is 0.227 e. The van der Waals surface area contributed by atoms with Gasteiger partial charge in [0.1, 0.15) is 5.82 Å². The van der Waals surface area contributed by atoms with Crippen molar-refractivity contribution in [1.29, 1.82) is 0 Å². The maximum atomic E-state index is 12.0. The van der Waals surface area contributed by atoms with Crippen molar-refractivity contribution in [3.8, 4) is 0 Å². The largest absolute Gasteiger partial charge is 0.357 e. The first kappa shape index (κ1) is 23.9. The van der Waals surface area contributed by atoms with Crippen LogP contribution in [0, 0.1) is 6.92 Å². The van der Waals surface area contributed by atoms with Crippen molar-refractivity contribution in [3.63, 3.8) is 0 Å². The summed E-state index contributed by atoms with van der Waals surface area (Å²) in [6.45, 7) is 8.00. The van der Waals surface area contributed by atoms with E-state index in [1.807, 2.05) is 26.0 Å². The number of nitrogens with one attached hydrogen (secondary N) is 3. The number of hydrogen-bond acceptors (Lipinski definition) is 3. The molecule has 1 aromatic carbocycles. The summed E-state index contributed by atoms with van der Waals surface area (Å²) in [6.07, 6.45) is 3.06. The lowest BCUT2D eigenvalue weighted by molar-refractivity contribution is -0.116. The number of aliphatic imine (C=N–C) groups is 1. The highest BCUT2D eigenvalue weighted by atomic mass is 127. The van der Waals surface area contributed by atoms with Crippen molar-refractivity contribution in [2.75, 3.05) is 18.4 Å². The van der Waals surface area contributed by atoms with Gasteiger partial charge in [-0.15, -0.1) is 24.0 Å². The molecule has 3 N–H and O–H groups in total. The molecule has 1 aromatic heterocycles. The van der Waals surface area contributed by atoms with Gasteiger partial charge in [-0.05, 0) is 43.0 Å². The summed E-state index contributed by atoms with van der Waals surface area (Å²) < 4.78 is 0. The van der Waals surface area contributed by atoms with Crippen molar-refractivity contribution >= 4 is 41.7 Å². The highest BCUT2D eigenvalue weighted by Gasteiger charge is 2.05. The average molecular weight is 495 g/mol. The molecule has 2 rings (SSSR count). The Morgan fingerprint density at radius 1 is 1.07 bits per heavy atom. The third kappa shape index (κ3) is 8.24. The van der Waals surface area contributed by atoms with E-state index >= 15 is 0 Å². The SMILES string of the molecule is CCNC(=NCc1ccccc1CC)NCCC(=O)Nc1ccc(C)cn1.I. The Kier molecular flexibility index (Phi) is 11.2. The number of carbonyl (C=O) groups is 1. The minimum atomic E-state index is -0.0777. The molecular formula is C21H30IN5O. The fourth-order valence-electron chi connectivity index (χ4n) is 2.60. The summed E-state index contributed by atoms with van der Waals surface area (Å²) in [4.78, 5) is 20.9. The average Bonchev–Trinajstić information content (AvgIpc) is 2.68. The van der Waals surface area contributed by atoms with Gasteiger partial charge in [-0.3, -0.25) is 4.79 Å². The number of nitrogens with zero attached hydrogens (tertiary/aromatic N) is 2. The van der Waals surface area contributed by atoms with Gasteiger partial charge in [0.05, 0.1) is 6.54 Å². The number of rotatable bonds is 8. The van der Waals surface area contributed by atoms with Gasteiger partial charge < -0.3 is 16.0 Å². The summed E-state index contributed by atoms with van der Waals surface area (Å²) in [5, 5.41) is 9.22. The second kappa shape index (κ2) is 13.1. The molecule has 1 heterocycles. The van der Waals surface area contributed by atoms with Crippen LogP contribution in [0.2, 0.25) is 0 Å². The van der Waals surface area contributed by atoms with Crippen molar-refractivity contribution in [2.45, 2.75) is 40.2 Å². The van der Waals surface area contributed by atoms with Crippen LogP contribution in [0.15, 0.2) is 47.6 Å². The molecule has 0 fully saturated rings. The molecule has 0 unspecified atom stereocenters. The van der Waals surface area contributed by atoms with E-state index in [0.29, 0.717) is 31.3 Å². The molecule has 0 bridgehead atoms. The fraction of sp³-hybridized carbons (Fsp3) is 0.381. The van der Waals surface area contributed by atoms with E-state index < -0.39 is 0 Å². The van der Waals surface area contributed by atoms with Gasteiger partial charge in [-0.1, -0.05) is 37.3 Å². The van der Waals surface area contributed by atoms with Crippen LogP contribution < -0.4 is 16.0 Å². The number of hydrogen-bond donors (Lipinski definition) is 3. The fourth-order valence-corrected chi connectivity index (χ4v) is 2.60. The lowest BCUT2D eigenvalue weighted by atomic mass is 10.1. The topological polar surface area (TPSA) is 78.4 Å². The first-order valence-corrected chi connectivity index (χ1v) is 9.43. The number of anilines is 1. The molecule has 28 heavy (non-hydrogen) atoms. The van der Waals surface area contributed by atoms with Crippen LogP contribution in [0.1, 0.15) is 37.0 Å². The van der Waals surface area contributed by atoms with E-state index in [0.717, 1.165) is 18.5 Å². The molecule has 0 atom stereocenters. The molecule has 0 aliphatic carbocycles. The molecule has 1 amide bonds. The van der Waals surface area contributed by atoms with Crippen molar-refractivity contribution < 1.29 is 4.79 Å². The van der Waals surface area contributed by atoms with Gasteiger partial charge in [0.25, 0.3) is 0 Å². The van der Waals surface area contributed by atoms with Crippen LogP contribution in [-0.2, 0) is 17.8 Å². The molecule has 0 aliphatic heterocycles. The summed E-state index contributed by atoms with van der Waals surface area (Å²) in [5.74, 6) is 1.21. The Balaban J connectivity index is 0.00000392. The molecule has 2 aromatic rings. The van der Waals surface area contributed by atoms with E-state index in [2.05, 4.69) is 51.0 Å². The summed E-state index contributed by atoms with van der Waals surface area (Å²) in [7, 11) is 0. The second-order valence-electron chi connectivity index (χ2n) is 6.26. The standard InChI is InChI=1S/C21H29N5O.HI/c1-4-17-8-6-7-9-18(17)15-25-21(22-5-2)23-13-12-20(27)26-19-11-10-16(3)14-24-19;/h6-11,14H,4-5,12-13,15H2,1-3H3,(H2,22,23,25)(H,24,26,27);1H. The van der Waals surface area contributed by atoms with E-state index in [1.54, 1.807) is 12.3 Å². The second-order valence-corrected chi connectivity index (χ2v) is 6.26. The summed E-state index contributed by atoms with van der Waals surface area (Å²) in [5.41, 5.74) is 3.59. The van der Waals surface area contributed by atoms with Crippen LogP contribution >= 0.6 is 24.0 Å². The number of benzene rings is 1. The van der Waals surface area contributed by atoms with Gasteiger partial charge in [0, 0.05) is 25.7 Å². The van der Waals surface area contributed by atoms with Crippen LogP contribution in [0.5, 0.6) is 0 Å². The zero-order valence-corrected chi connectivity index (χ0v) is 19.1. The summed E-state index contributed by atoms with van der Waals surface area (Å²) in [6, 6.07) is 12.1. The number of guanidine groups is 1. The number of carbonyl (C=O) groups excluding carboxylic acids is 1. The van der Waals surface area contributed by atoms with E-state index in [1.165, 1.54) is 11.1 Å². The van der Waals surface area contributed by atoms with Gasteiger partial charge in [0.2, 0.25) is 5.91 Å². The molecular weight excluding hydrogens is 465 g/mol. The Morgan fingerprint density at radius 3 is 2.46 bits per heavy atom. The number of halogens is 1. The Hall–Kier alpha value is -2.16. The van der Waals surface area contributed by atoms with Crippen molar-refractivity contribution in [3.05, 3.63) is 59.3 Å². The highest BCUT2D eigenvalue weighted by Crippen LogP contribution is 2.10. The number of pyridine rings is 1. The highest BCUT2D eigenvalue weighted by molar-refractivity contribution is 14.0. The number of aromatic nitrogens is 1. The molecule has 0 saturated carbocycles. The third-order valence-corrected chi connectivity index (χ3v) is 4.07. The number of amides is 1. The van der Waals surface area contributed by atoms with Gasteiger partial charge in [-0.2, -0.15) is 0 Å². The maximum absolute atomic E-state index is 12.0. The zero-order chi connectivity index (χ0) is 19.5. The Morgan fingerprint density at radius 2 is 1.82 bits per heavy atom. The van der Waals surface area contributed by atoms with Crippen LogP contribution in [0.25, 0.3) is 0 Å². The quantitative estimate of drug-likeness (QED) is 0.297. The van der Waals surface area contributed by atoms with Gasteiger partial charge >= 0.3 is 0 Å². The molecule has 0 aliphatic rings. The Labute approximate surface area is 184 Å². The first-order chi connectivity index (χ1) is 13.1. The predicted molar refractivity (Wildman–Crippen MR) is 126 cm³/mol. The van der Waals surface area contributed by atoms with E-state index in [-0.39, 0.29) is 29.9 Å². The lowest BCUT2D eigenvalue weighted by Crippen LogP contribution is -2.38. The summed E-state index contributed by atoms with van der Waals surface area (Å²) >= 11 is 0. The molecule has 7 heteroatoms. The normalized spacial score (nSPS) is 10.8. The van der Waals surface area contributed by atoms with E-state index in [9.17, 15) is 4.79 Å². The predicted octanol–water partition coefficient (Wildman–Crippen LogP) is 3.65. The number of aryl methyl sites for hydroxylation is 2. The van der Waals surface area contributed by atoms with Crippen LogP contribution in [0.3, 0.4) is 0 Å². The molecule has 6 nitrogen and oxygen atoms in total. The minimum Gasteiger partial charge on any atom is -0.357 e. The smallest absolute Gasteiger partial charge is 0.227 e. The van der Waals surface area contributed by atoms with E-state index in [4.69, 9.17) is 0 Å². The Bertz CT molecular complexity index is 762. The molecule has 0 saturated heterocycles.